The van der Waals surface area contributed by atoms with E-state index in [1.54, 1.807) is 0 Å². The molecule has 0 aromatic carbocycles. The number of aryl methyl sites for hydroxylation is 1. The molecular weight excluding hydrogens is 278 g/mol. The fourth-order valence-electron chi connectivity index (χ4n) is 3.81. The van der Waals surface area contributed by atoms with Gasteiger partial charge in [0, 0.05) is 25.2 Å². The summed E-state index contributed by atoms with van der Waals surface area (Å²) in [5.74, 6) is 0.505. The Kier molecular flexibility index (Phi) is 3.54. The second-order valence-corrected chi connectivity index (χ2v) is 6.20. The number of aromatic nitrogens is 4. The van der Waals surface area contributed by atoms with Gasteiger partial charge in [-0.1, -0.05) is 5.21 Å². The number of rotatable bonds is 3. The minimum atomic E-state index is 0.276. The molecule has 0 N–H and O–H groups in total. The van der Waals surface area contributed by atoms with Crippen molar-refractivity contribution < 1.29 is 4.74 Å². The Morgan fingerprint density at radius 1 is 1.32 bits per heavy atom. The van der Waals surface area contributed by atoms with E-state index >= 15 is 0 Å². The van der Waals surface area contributed by atoms with Gasteiger partial charge in [-0.05, 0) is 31.9 Å². The first-order chi connectivity index (χ1) is 10.8. The van der Waals surface area contributed by atoms with Crippen LogP contribution in [-0.4, -0.2) is 45.3 Å². The Balaban J connectivity index is 1.52. The van der Waals surface area contributed by atoms with Crippen molar-refractivity contribution in [2.24, 2.45) is 5.92 Å². The van der Waals surface area contributed by atoms with Gasteiger partial charge in [-0.2, -0.15) is 0 Å². The fraction of sp³-hybridized carbons (Fsp3) is 0.562. The van der Waals surface area contributed by atoms with Crippen LogP contribution in [0.1, 0.15) is 18.5 Å². The maximum absolute atomic E-state index is 6.13. The molecule has 3 heterocycles. The first-order valence-electron chi connectivity index (χ1n) is 7.96. The molecule has 1 aliphatic carbocycles. The molecule has 4 rings (SSSR count). The normalized spacial score (nSPS) is 27.9. The molecule has 2 aliphatic rings. The van der Waals surface area contributed by atoms with E-state index in [1.807, 2.05) is 29.3 Å². The highest BCUT2D eigenvalue weighted by atomic mass is 16.5. The number of fused-ring (bicyclic) bond motifs is 1. The molecule has 2 aromatic rings. The predicted octanol–water partition coefficient (Wildman–Crippen LogP) is 1.67. The summed E-state index contributed by atoms with van der Waals surface area (Å²) in [7, 11) is 0. The molecule has 6 heteroatoms. The van der Waals surface area contributed by atoms with Crippen molar-refractivity contribution in [2.45, 2.75) is 38.5 Å². The Morgan fingerprint density at radius 2 is 2.27 bits per heavy atom. The van der Waals surface area contributed by atoms with Crippen molar-refractivity contribution in [3.63, 3.8) is 0 Å². The van der Waals surface area contributed by atoms with E-state index in [1.165, 1.54) is 12.1 Å². The van der Waals surface area contributed by atoms with Crippen LogP contribution in [0.15, 0.2) is 30.7 Å². The molecule has 3 atom stereocenters. The van der Waals surface area contributed by atoms with Crippen LogP contribution in [0.4, 0.5) is 5.69 Å². The molecule has 6 nitrogen and oxygen atoms in total. The second kappa shape index (κ2) is 5.68. The summed E-state index contributed by atoms with van der Waals surface area (Å²) < 4.78 is 8.13. The zero-order valence-electron chi connectivity index (χ0n) is 12.8. The van der Waals surface area contributed by atoms with Crippen molar-refractivity contribution in [1.82, 2.24) is 20.0 Å². The maximum Gasteiger partial charge on any atom is 0.0824 e. The molecule has 0 radical (unpaired) electrons. The first-order valence-corrected chi connectivity index (χ1v) is 7.96. The van der Waals surface area contributed by atoms with Gasteiger partial charge < -0.3 is 9.64 Å². The van der Waals surface area contributed by atoms with Crippen LogP contribution in [0.3, 0.4) is 0 Å². The number of pyridine rings is 1. The van der Waals surface area contributed by atoms with Crippen LogP contribution in [0.5, 0.6) is 0 Å². The van der Waals surface area contributed by atoms with Crippen molar-refractivity contribution in [2.75, 3.05) is 18.1 Å². The molecule has 2 aromatic heterocycles. The van der Waals surface area contributed by atoms with Gasteiger partial charge in [0.05, 0.1) is 42.5 Å². The van der Waals surface area contributed by atoms with Crippen molar-refractivity contribution in [3.8, 4) is 0 Å². The predicted molar refractivity (Wildman–Crippen MR) is 82.6 cm³/mol. The van der Waals surface area contributed by atoms with Gasteiger partial charge in [-0.15, -0.1) is 5.10 Å². The zero-order valence-corrected chi connectivity index (χ0v) is 12.8. The summed E-state index contributed by atoms with van der Waals surface area (Å²) in [5, 5.41) is 8.17. The van der Waals surface area contributed by atoms with Crippen LogP contribution in [0.2, 0.25) is 0 Å². The van der Waals surface area contributed by atoms with Crippen LogP contribution in [0, 0.1) is 12.8 Å². The van der Waals surface area contributed by atoms with E-state index in [4.69, 9.17) is 4.74 Å². The highest BCUT2D eigenvalue weighted by molar-refractivity contribution is 5.46. The lowest BCUT2D eigenvalue weighted by molar-refractivity contribution is -0.00660. The van der Waals surface area contributed by atoms with E-state index in [0.29, 0.717) is 12.0 Å². The van der Waals surface area contributed by atoms with Gasteiger partial charge >= 0.3 is 0 Å². The molecule has 2 fully saturated rings. The van der Waals surface area contributed by atoms with Crippen molar-refractivity contribution in [1.29, 1.82) is 0 Å². The lowest BCUT2D eigenvalue weighted by Gasteiger charge is -2.40. The highest BCUT2D eigenvalue weighted by Crippen LogP contribution is 2.37. The molecule has 1 saturated heterocycles. The van der Waals surface area contributed by atoms with E-state index < -0.39 is 0 Å². The van der Waals surface area contributed by atoms with Gasteiger partial charge in [-0.25, -0.2) is 4.68 Å². The molecule has 22 heavy (non-hydrogen) atoms. The SMILES string of the molecule is Cc1cnnn1C[C@@H]1CC[C@@H]2[C@@H]1OCCN2c1cccnc1. The second-order valence-electron chi connectivity index (χ2n) is 6.20. The summed E-state index contributed by atoms with van der Waals surface area (Å²) >= 11 is 0. The monoisotopic (exact) mass is 299 g/mol. The number of hydrogen-bond donors (Lipinski definition) is 0. The Morgan fingerprint density at radius 3 is 3.05 bits per heavy atom. The summed E-state index contributed by atoms with van der Waals surface area (Å²) in [6.07, 6.45) is 8.21. The first kappa shape index (κ1) is 13.7. The van der Waals surface area contributed by atoms with Gasteiger partial charge in [0.2, 0.25) is 0 Å². The third-order valence-electron chi connectivity index (χ3n) is 4.92. The Labute approximate surface area is 130 Å². The summed E-state index contributed by atoms with van der Waals surface area (Å²) in [6, 6.07) is 4.60. The quantitative estimate of drug-likeness (QED) is 0.863. The lowest BCUT2D eigenvalue weighted by Crippen LogP contribution is -2.50. The number of anilines is 1. The van der Waals surface area contributed by atoms with E-state index in [-0.39, 0.29) is 6.10 Å². The van der Waals surface area contributed by atoms with E-state index in [9.17, 15) is 0 Å². The van der Waals surface area contributed by atoms with Gasteiger partial charge in [0.15, 0.2) is 0 Å². The fourth-order valence-corrected chi connectivity index (χ4v) is 3.81. The number of hydrogen-bond acceptors (Lipinski definition) is 5. The number of morpholine rings is 1. The molecule has 1 saturated carbocycles. The van der Waals surface area contributed by atoms with Gasteiger partial charge in [0.25, 0.3) is 0 Å². The summed E-state index contributed by atoms with van der Waals surface area (Å²) in [4.78, 5) is 6.73. The minimum Gasteiger partial charge on any atom is -0.374 e. The third kappa shape index (κ3) is 2.37. The smallest absolute Gasteiger partial charge is 0.0824 e. The van der Waals surface area contributed by atoms with E-state index in [0.717, 1.165) is 31.8 Å². The number of ether oxygens (including phenoxy) is 1. The molecule has 1 aliphatic heterocycles. The molecule has 116 valence electrons. The third-order valence-corrected chi connectivity index (χ3v) is 4.92. The Hall–Kier alpha value is -1.95. The number of nitrogens with zero attached hydrogens (tertiary/aromatic N) is 5. The minimum absolute atomic E-state index is 0.276. The Bertz CT molecular complexity index is 628. The van der Waals surface area contributed by atoms with Crippen LogP contribution >= 0.6 is 0 Å². The lowest BCUT2D eigenvalue weighted by atomic mass is 10.0. The molecule has 0 amide bonds. The molecular formula is C16H21N5O. The maximum atomic E-state index is 6.13. The largest absolute Gasteiger partial charge is 0.374 e. The molecule has 0 unspecified atom stereocenters. The van der Waals surface area contributed by atoms with Gasteiger partial charge in [0.1, 0.15) is 0 Å². The average molecular weight is 299 g/mol. The van der Waals surface area contributed by atoms with Gasteiger partial charge in [-0.3, -0.25) is 4.98 Å². The highest BCUT2D eigenvalue weighted by Gasteiger charge is 2.43. The van der Waals surface area contributed by atoms with Crippen LogP contribution < -0.4 is 4.90 Å². The topological polar surface area (TPSA) is 56.1 Å². The van der Waals surface area contributed by atoms with Crippen molar-refractivity contribution >= 4 is 5.69 Å². The molecule has 0 bridgehead atoms. The zero-order chi connectivity index (χ0) is 14.9. The van der Waals surface area contributed by atoms with Crippen molar-refractivity contribution in [3.05, 3.63) is 36.4 Å². The van der Waals surface area contributed by atoms with Crippen LogP contribution in [0.25, 0.3) is 0 Å². The molecule has 0 spiro atoms. The average Bonchev–Trinajstić information content (AvgIpc) is 3.16. The standard InChI is InChI=1S/C16H21N5O/c1-12-9-18-19-21(12)11-13-4-5-15-16(13)22-8-7-20(15)14-3-2-6-17-10-14/h2-3,6,9-10,13,15-16H,4-5,7-8,11H2,1H3/t13-,15+,16+/m0/s1. The van der Waals surface area contributed by atoms with E-state index in [2.05, 4.69) is 33.2 Å². The van der Waals surface area contributed by atoms with Crippen LogP contribution in [-0.2, 0) is 11.3 Å². The summed E-state index contributed by atoms with van der Waals surface area (Å²) in [6.45, 7) is 4.68. The summed E-state index contributed by atoms with van der Waals surface area (Å²) in [5.41, 5.74) is 2.32.